The Morgan fingerprint density at radius 2 is 2.06 bits per heavy atom. The summed E-state index contributed by atoms with van der Waals surface area (Å²) in [5, 5.41) is 1.38. The Bertz CT molecular complexity index is 430. The van der Waals surface area contributed by atoms with Gasteiger partial charge in [0.15, 0.2) is 0 Å². The first-order valence-electron chi connectivity index (χ1n) is 6.13. The molecule has 1 fully saturated rings. The van der Waals surface area contributed by atoms with E-state index in [0.717, 1.165) is 38.0 Å². The number of carbonyl (C=O) groups excluding carboxylic acids is 1. The summed E-state index contributed by atoms with van der Waals surface area (Å²) in [6.07, 6.45) is 1.92. The summed E-state index contributed by atoms with van der Waals surface area (Å²) >= 11 is 12.3. The van der Waals surface area contributed by atoms with Crippen molar-refractivity contribution in [3.63, 3.8) is 0 Å². The number of nitrogens with two attached hydrogens (primary N) is 1. The standard InChI is InChI=1S/C13H16Cl2N2O/c14-11-4-1-5-12(15)10(11)8-17-6-2-3-9(7-17)13(16)18/h1,4-5,9H,2-3,6-8H2,(H2,16,18)/p+1/t9-/m1/s1. The first-order chi connectivity index (χ1) is 8.58. The van der Waals surface area contributed by atoms with Crippen LogP contribution in [0.5, 0.6) is 0 Å². The summed E-state index contributed by atoms with van der Waals surface area (Å²) in [6.45, 7) is 2.56. The van der Waals surface area contributed by atoms with Crippen LogP contribution < -0.4 is 10.6 Å². The normalized spacial score (nSPS) is 23.9. The van der Waals surface area contributed by atoms with E-state index in [1.807, 2.05) is 18.2 Å². The molecule has 1 aliphatic heterocycles. The summed E-state index contributed by atoms with van der Waals surface area (Å²) in [5.74, 6) is -0.215. The molecule has 0 aromatic heterocycles. The summed E-state index contributed by atoms with van der Waals surface area (Å²) < 4.78 is 0. The Morgan fingerprint density at radius 1 is 1.39 bits per heavy atom. The van der Waals surface area contributed by atoms with Crippen LogP contribution in [0.2, 0.25) is 10.0 Å². The quantitative estimate of drug-likeness (QED) is 0.864. The highest BCUT2D eigenvalue weighted by Gasteiger charge is 2.27. The maximum absolute atomic E-state index is 11.2. The van der Waals surface area contributed by atoms with Gasteiger partial charge in [0.25, 0.3) is 0 Å². The summed E-state index contributed by atoms with van der Waals surface area (Å²) in [6, 6.07) is 5.53. The van der Waals surface area contributed by atoms with Crippen LogP contribution in [-0.4, -0.2) is 19.0 Å². The molecule has 1 unspecified atom stereocenters. The molecule has 2 rings (SSSR count). The molecule has 18 heavy (non-hydrogen) atoms. The lowest BCUT2D eigenvalue weighted by Gasteiger charge is -2.28. The van der Waals surface area contributed by atoms with Gasteiger partial charge >= 0.3 is 0 Å². The summed E-state index contributed by atoms with van der Waals surface area (Å²) in [4.78, 5) is 12.6. The second kappa shape index (κ2) is 5.91. The Balaban J connectivity index is 2.07. The number of piperidine rings is 1. The van der Waals surface area contributed by atoms with Crippen LogP contribution in [0.1, 0.15) is 18.4 Å². The van der Waals surface area contributed by atoms with Crippen LogP contribution in [0, 0.1) is 5.92 Å². The van der Waals surface area contributed by atoms with Crippen molar-refractivity contribution in [3.8, 4) is 0 Å². The number of hydrogen-bond donors (Lipinski definition) is 2. The third kappa shape index (κ3) is 3.16. The topological polar surface area (TPSA) is 47.5 Å². The number of amides is 1. The van der Waals surface area contributed by atoms with Crippen LogP contribution in [0.25, 0.3) is 0 Å². The number of hydrogen-bond acceptors (Lipinski definition) is 1. The molecule has 1 saturated heterocycles. The minimum absolute atomic E-state index is 0.0185. The molecule has 0 bridgehead atoms. The van der Waals surface area contributed by atoms with E-state index >= 15 is 0 Å². The molecule has 3 nitrogen and oxygen atoms in total. The maximum atomic E-state index is 11.2. The fourth-order valence-electron chi connectivity index (χ4n) is 2.51. The molecule has 98 valence electrons. The number of rotatable bonds is 3. The second-order valence-corrected chi connectivity index (χ2v) is 5.64. The first kappa shape index (κ1) is 13.7. The molecule has 1 amide bonds. The number of primary amides is 1. The largest absolute Gasteiger partial charge is 0.369 e. The zero-order chi connectivity index (χ0) is 13.1. The van der Waals surface area contributed by atoms with Crippen molar-refractivity contribution in [2.45, 2.75) is 19.4 Å². The van der Waals surface area contributed by atoms with Crippen LogP contribution >= 0.6 is 23.2 Å². The van der Waals surface area contributed by atoms with E-state index in [4.69, 9.17) is 28.9 Å². The third-order valence-electron chi connectivity index (χ3n) is 3.51. The van der Waals surface area contributed by atoms with Gasteiger partial charge in [-0.05, 0) is 25.0 Å². The van der Waals surface area contributed by atoms with Crippen molar-refractivity contribution in [3.05, 3.63) is 33.8 Å². The van der Waals surface area contributed by atoms with E-state index in [9.17, 15) is 4.79 Å². The fourth-order valence-corrected chi connectivity index (χ4v) is 3.04. The number of halogens is 2. The highest BCUT2D eigenvalue weighted by atomic mass is 35.5. The average molecular weight is 288 g/mol. The van der Waals surface area contributed by atoms with Gasteiger partial charge in [0, 0.05) is 5.56 Å². The lowest BCUT2D eigenvalue weighted by molar-refractivity contribution is -0.921. The van der Waals surface area contributed by atoms with E-state index < -0.39 is 0 Å². The predicted octanol–water partition coefficient (Wildman–Crippen LogP) is 1.27. The maximum Gasteiger partial charge on any atom is 0.226 e. The van der Waals surface area contributed by atoms with Crippen molar-refractivity contribution in [1.29, 1.82) is 0 Å². The van der Waals surface area contributed by atoms with Gasteiger partial charge in [0.1, 0.15) is 6.54 Å². The van der Waals surface area contributed by atoms with Gasteiger partial charge in [0.05, 0.1) is 29.1 Å². The zero-order valence-corrected chi connectivity index (χ0v) is 11.6. The van der Waals surface area contributed by atoms with E-state index in [-0.39, 0.29) is 11.8 Å². The Hall–Kier alpha value is -0.770. The highest BCUT2D eigenvalue weighted by molar-refractivity contribution is 6.35. The molecule has 1 aromatic rings. The molecule has 0 aliphatic carbocycles. The first-order valence-corrected chi connectivity index (χ1v) is 6.89. The van der Waals surface area contributed by atoms with Gasteiger partial charge < -0.3 is 10.6 Å². The average Bonchev–Trinajstić information content (AvgIpc) is 2.34. The monoisotopic (exact) mass is 287 g/mol. The molecule has 0 radical (unpaired) electrons. The number of likely N-dealkylation sites (tertiary alicyclic amines) is 1. The Kier molecular flexibility index (Phi) is 4.49. The molecular formula is C13H17Cl2N2O+. The van der Waals surface area contributed by atoms with Crippen LogP contribution in [0.3, 0.4) is 0 Å². The Labute approximate surface area is 117 Å². The van der Waals surface area contributed by atoms with E-state index in [2.05, 4.69) is 0 Å². The molecular weight excluding hydrogens is 271 g/mol. The number of nitrogens with one attached hydrogen (secondary N) is 1. The molecule has 1 aromatic carbocycles. The van der Waals surface area contributed by atoms with Crippen molar-refractivity contribution in [2.75, 3.05) is 13.1 Å². The number of benzene rings is 1. The predicted molar refractivity (Wildman–Crippen MR) is 72.8 cm³/mol. The van der Waals surface area contributed by atoms with Crippen molar-refractivity contribution >= 4 is 29.1 Å². The van der Waals surface area contributed by atoms with Crippen LogP contribution in [-0.2, 0) is 11.3 Å². The lowest BCUT2D eigenvalue weighted by atomic mass is 9.97. The van der Waals surface area contributed by atoms with Gasteiger partial charge in [-0.3, -0.25) is 4.79 Å². The van der Waals surface area contributed by atoms with Gasteiger partial charge in [-0.2, -0.15) is 0 Å². The molecule has 1 aliphatic rings. The second-order valence-electron chi connectivity index (χ2n) is 4.82. The minimum Gasteiger partial charge on any atom is -0.369 e. The number of carbonyl (C=O) groups is 1. The van der Waals surface area contributed by atoms with Crippen LogP contribution in [0.4, 0.5) is 0 Å². The van der Waals surface area contributed by atoms with E-state index in [1.54, 1.807) is 0 Å². The number of quaternary nitrogens is 1. The minimum atomic E-state index is -0.197. The van der Waals surface area contributed by atoms with E-state index in [0.29, 0.717) is 10.0 Å². The molecule has 0 saturated carbocycles. The van der Waals surface area contributed by atoms with Crippen molar-refractivity contribution in [1.82, 2.24) is 0 Å². The van der Waals surface area contributed by atoms with E-state index in [1.165, 1.54) is 4.90 Å². The molecule has 3 N–H and O–H groups in total. The zero-order valence-electron chi connectivity index (χ0n) is 10.1. The summed E-state index contributed by atoms with van der Waals surface area (Å²) in [5.41, 5.74) is 6.34. The van der Waals surface area contributed by atoms with Gasteiger partial charge in [-0.15, -0.1) is 0 Å². The van der Waals surface area contributed by atoms with Gasteiger partial charge in [-0.25, -0.2) is 0 Å². The molecule has 2 atom stereocenters. The SMILES string of the molecule is NC(=O)[C@@H]1CCC[NH+](Cc2c(Cl)cccc2Cl)C1. The fraction of sp³-hybridized carbons (Fsp3) is 0.462. The molecule has 0 spiro atoms. The lowest BCUT2D eigenvalue weighted by Crippen LogP contribution is -3.12. The third-order valence-corrected chi connectivity index (χ3v) is 4.22. The van der Waals surface area contributed by atoms with Crippen LogP contribution in [0.15, 0.2) is 18.2 Å². The molecule has 5 heteroatoms. The van der Waals surface area contributed by atoms with Gasteiger partial charge in [0.2, 0.25) is 5.91 Å². The Morgan fingerprint density at radius 3 is 2.67 bits per heavy atom. The van der Waals surface area contributed by atoms with Gasteiger partial charge in [-0.1, -0.05) is 29.3 Å². The van der Waals surface area contributed by atoms with Crippen molar-refractivity contribution in [2.24, 2.45) is 11.7 Å². The smallest absolute Gasteiger partial charge is 0.226 e. The highest BCUT2D eigenvalue weighted by Crippen LogP contribution is 2.23. The van der Waals surface area contributed by atoms with Crippen molar-refractivity contribution < 1.29 is 9.69 Å². The summed E-state index contributed by atoms with van der Waals surface area (Å²) in [7, 11) is 0. The molecule has 1 heterocycles.